The van der Waals surface area contributed by atoms with Crippen LogP contribution in [0.4, 0.5) is 0 Å². The summed E-state index contributed by atoms with van der Waals surface area (Å²) in [5.74, 6) is 0. The number of hydrogen-bond acceptors (Lipinski definition) is 5. The first kappa shape index (κ1) is 13.6. The standard InChI is InChI=1S/C13H19N3S2/c1-5-6-14-9(3)12-15-16-13(18-12)11-7-8(2)10(4)17-11/h7,9,14H,5-6H2,1-4H3. The fraction of sp³-hybridized carbons (Fsp3) is 0.538. The monoisotopic (exact) mass is 281 g/mol. The van der Waals surface area contributed by atoms with Gasteiger partial charge in [0.2, 0.25) is 0 Å². The van der Waals surface area contributed by atoms with Gasteiger partial charge in [0.25, 0.3) is 0 Å². The Morgan fingerprint density at radius 3 is 2.67 bits per heavy atom. The maximum Gasteiger partial charge on any atom is 0.157 e. The average molecular weight is 281 g/mol. The Hall–Kier alpha value is -0.780. The highest BCUT2D eigenvalue weighted by Gasteiger charge is 2.14. The molecule has 18 heavy (non-hydrogen) atoms. The van der Waals surface area contributed by atoms with Crippen LogP contribution in [0, 0.1) is 13.8 Å². The van der Waals surface area contributed by atoms with E-state index in [1.54, 1.807) is 22.7 Å². The van der Waals surface area contributed by atoms with E-state index in [4.69, 9.17) is 0 Å². The molecule has 5 heteroatoms. The molecular weight excluding hydrogens is 262 g/mol. The zero-order valence-corrected chi connectivity index (χ0v) is 12.9. The molecule has 0 radical (unpaired) electrons. The molecule has 0 aromatic carbocycles. The predicted octanol–water partition coefficient (Wildman–Crippen LogP) is 3.94. The van der Waals surface area contributed by atoms with Crippen molar-refractivity contribution in [1.29, 1.82) is 0 Å². The Balaban J connectivity index is 2.14. The van der Waals surface area contributed by atoms with E-state index in [-0.39, 0.29) is 0 Å². The van der Waals surface area contributed by atoms with Crippen LogP contribution in [0.2, 0.25) is 0 Å². The van der Waals surface area contributed by atoms with Gasteiger partial charge in [-0.05, 0) is 45.4 Å². The zero-order chi connectivity index (χ0) is 13.1. The summed E-state index contributed by atoms with van der Waals surface area (Å²) in [7, 11) is 0. The molecule has 2 aromatic heterocycles. The molecule has 98 valence electrons. The molecule has 0 fully saturated rings. The summed E-state index contributed by atoms with van der Waals surface area (Å²) in [6, 6.07) is 2.49. The quantitative estimate of drug-likeness (QED) is 0.902. The van der Waals surface area contributed by atoms with Crippen molar-refractivity contribution in [2.75, 3.05) is 6.54 Å². The SMILES string of the molecule is CCCNC(C)c1nnc(-c2cc(C)c(C)s2)s1. The molecular formula is C13H19N3S2. The molecule has 0 bridgehead atoms. The Labute approximate surface area is 116 Å². The van der Waals surface area contributed by atoms with E-state index in [1.807, 2.05) is 0 Å². The van der Waals surface area contributed by atoms with Crippen molar-refractivity contribution in [3.8, 4) is 9.88 Å². The highest BCUT2D eigenvalue weighted by atomic mass is 32.1. The highest BCUT2D eigenvalue weighted by molar-refractivity contribution is 7.21. The van der Waals surface area contributed by atoms with Gasteiger partial charge in [-0.2, -0.15) is 0 Å². The fourth-order valence-corrected chi connectivity index (χ4v) is 3.58. The summed E-state index contributed by atoms with van der Waals surface area (Å²) >= 11 is 3.49. The van der Waals surface area contributed by atoms with Crippen molar-refractivity contribution >= 4 is 22.7 Å². The molecule has 2 aromatic rings. The number of hydrogen-bond donors (Lipinski definition) is 1. The van der Waals surface area contributed by atoms with E-state index in [0.29, 0.717) is 6.04 Å². The zero-order valence-electron chi connectivity index (χ0n) is 11.3. The number of aromatic nitrogens is 2. The number of aryl methyl sites for hydroxylation is 2. The average Bonchev–Trinajstić information content (AvgIpc) is 2.94. The Morgan fingerprint density at radius 1 is 1.28 bits per heavy atom. The minimum absolute atomic E-state index is 0.290. The molecule has 0 spiro atoms. The van der Waals surface area contributed by atoms with Crippen LogP contribution < -0.4 is 5.32 Å². The van der Waals surface area contributed by atoms with E-state index in [9.17, 15) is 0 Å². The van der Waals surface area contributed by atoms with Crippen LogP contribution in [0.15, 0.2) is 6.07 Å². The molecule has 2 heterocycles. The molecule has 1 N–H and O–H groups in total. The molecule has 0 aliphatic heterocycles. The van der Waals surface area contributed by atoms with Crippen molar-refractivity contribution in [3.05, 3.63) is 21.5 Å². The maximum atomic E-state index is 4.31. The fourth-order valence-electron chi connectivity index (χ4n) is 1.64. The molecule has 0 aliphatic carbocycles. The number of nitrogens with one attached hydrogen (secondary N) is 1. The van der Waals surface area contributed by atoms with Crippen LogP contribution in [0.1, 0.15) is 41.8 Å². The Bertz CT molecular complexity index is 497. The molecule has 0 amide bonds. The first-order valence-corrected chi connectivity index (χ1v) is 7.89. The lowest BCUT2D eigenvalue weighted by Crippen LogP contribution is -2.18. The smallest absolute Gasteiger partial charge is 0.157 e. The van der Waals surface area contributed by atoms with Crippen LogP contribution in [-0.2, 0) is 0 Å². The van der Waals surface area contributed by atoms with E-state index < -0.39 is 0 Å². The first-order valence-electron chi connectivity index (χ1n) is 6.26. The third kappa shape index (κ3) is 2.96. The summed E-state index contributed by atoms with van der Waals surface area (Å²) < 4.78 is 0. The third-order valence-corrected chi connectivity index (χ3v) is 5.32. The molecule has 0 aliphatic rings. The molecule has 2 rings (SSSR count). The number of nitrogens with zero attached hydrogens (tertiary/aromatic N) is 2. The summed E-state index contributed by atoms with van der Waals surface area (Å²) in [5, 5.41) is 14.2. The van der Waals surface area contributed by atoms with E-state index >= 15 is 0 Å². The predicted molar refractivity (Wildman–Crippen MR) is 79.4 cm³/mol. The summed E-state index contributed by atoms with van der Waals surface area (Å²) in [6.07, 6.45) is 1.14. The number of rotatable bonds is 5. The Morgan fingerprint density at radius 2 is 2.06 bits per heavy atom. The van der Waals surface area contributed by atoms with Crippen LogP contribution in [0.5, 0.6) is 0 Å². The van der Waals surface area contributed by atoms with Crippen LogP contribution in [0.3, 0.4) is 0 Å². The normalized spacial score (nSPS) is 12.9. The van der Waals surface area contributed by atoms with Gasteiger partial charge in [-0.25, -0.2) is 0 Å². The van der Waals surface area contributed by atoms with E-state index in [0.717, 1.165) is 23.0 Å². The molecule has 3 nitrogen and oxygen atoms in total. The van der Waals surface area contributed by atoms with Gasteiger partial charge >= 0.3 is 0 Å². The largest absolute Gasteiger partial charge is 0.308 e. The summed E-state index contributed by atoms with van der Waals surface area (Å²) in [5.41, 5.74) is 1.34. The second-order valence-corrected chi connectivity index (χ2v) is 6.74. The van der Waals surface area contributed by atoms with Crippen molar-refractivity contribution in [2.24, 2.45) is 0 Å². The second-order valence-electron chi connectivity index (χ2n) is 4.47. The van der Waals surface area contributed by atoms with Gasteiger partial charge in [-0.15, -0.1) is 21.5 Å². The second kappa shape index (κ2) is 5.91. The summed E-state index contributed by atoms with van der Waals surface area (Å²) in [6.45, 7) is 9.63. The lowest BCUT2D eigenvalue weighted by molar-refractivity contribution is 0.564. The lowest BCUT2D eigenvalue weighted by Gasteiger charge is -2.08. The van der Waals surface area contributed by atoms with Gasteiger partial charge in [0.1, 0.15) is 5.01 Å². The van der Waals surface area contributed by atoms with Crippen molar-refractivity contribution < 1.29 is 0 Å². The Kier molecular flexibility index (Phi) is 4.48. The highest BCUT2D eigenvalue weighted by Crippen LogP contribution is 2.33. The van der Waals surface area contributed by atoms with Gasteiger partial charge in [0, 0.05) is 4.88 Å². The van der Waals surface area contributed by atoms with E-state index in [1.165, 1.54) is 15.3 Å². The van der Waals surface area contributed by atoms with Crippen molar-refractivity contribution in [1.82, 2.24) is 15.5 Å². The number of thiophene rings is 1. The lowest BCUT2D eigenvalue weighted by atomic mass is 10.3. The van der Waals surface area contributed by atoms with Gasteiger partial charge in [-0.3, -0.25) is 0 Å². The third-order valence-electron chi connectivity index (χ3n) is 2.89. The molecule has 1 unspecified atom stereocenters. The molecule has 0 saturated carbocycles. The topological polar surface area (TPSA) is 37.8 Å². The summed E-state index contributed by atoms with van der Waals surface area (Å²) in [4.78, 5) is 2.59. The minimum Gasteiger partial charge on any atom is -0.308 e. The van der Waals surface area contributed by atoms with Gasteiger partial charge in [0.05, 0.1) is 10.9 Å². The van der Waals surface area contributed by atoms with Gasteiger partial charge < -0.3 is 5.32 Å². The first-order chi connectivity index (χ1) is 8.61. The molecule has 1 atom stereocenters. The van der Waals surface area contributed by atoms with Crippen molar-refractivity contribution in [3.63, 3.8) is 0 Å². The minimum atomic E-state index is 0.290. The van der Waals surface area contributed by atoms with Crippen molar-refractivity contribution in [2.45, 2.75) is 40.2 Å². The van der Waals surface area contributed by atoms with E-state index in [2.05, 4.69) is 49.3 Å². The molecule has 0 saturated heterocycles. The van der Waals surface area contributed by atoms with Crippen LogP contribution in [-0.4, -0.2) is 16.7 Å². The van der Waals surface area contributed by atoms with Crippen LogP contribution in [0.25, 0.3) is 9.88 Å². The maximum absolute atomic E-state index is 4.31. The van der Waals surface area contributed by atoms with Gasteiger partial charge in [-0.1, -0.05) is 18.3 Å². The van der Waals surface area contributed by atoms with Crippen LogP contribution >= 0.6 is 22.7 Å². The van der Waals surface area contributed by atoms with Gasteiger partial charge in [0.15, 0.2) is 5.01 Å².